The van der Waals surface area contributed by atoms with Gasteiger partial charge in [0.1, 0.15) is 16.8 Å². The van der Waals surface area contributed by atoms with Gasteiger partial charge in [-0.05, 0) is 24.6 Å². The maximum absolute atomic E-state index is 12.2. The first-order valence-electron chi connectivity index (χ1n) is 7.35. The highest BCUT2D eigenvalue weighted by Crippen LogP contribution is 2.31. The van der Waals surface area contributed by atoms with E-state index in [4.69, 9.17) is 4.74 Å². The highest BCUT2D eigenvalue weighted by Gasteiger charge is 2.15. The van der Waals surface area contributed by atoms with Gasteiger partial charge in [-0.3, -0.25) is 5.32 Å². The Bertz CT molecular complexity index is 819. The van der Waals surface area contributed by atoms with E-state index in [0.29, 0.717) is 5.00 Å². The molecule has 0 fully saturated rings. The summed E-state index contributed by atoms with van der Waals surface area (Å²) in [5, 5.41) is 3.46. The molecule has 0 saturated carbocycles. The zero-order valence-corrected chi connectivity index (χ0v) is 15.3. The molecule has 0 bridgehead atoms. The summed E-state index contributed by atoms with van der Waals surface area (Å²) in [7, 11) is 0. The maximum Gasteiger partial charge on any atom is 0.412 e. The van der Waals surface area contributed by atoms with E-state index in [0.717, 1.165) is 21.3 Å². The van der Waals surface area contributed by atoms with E-state index in [-0.39, 0.29) is 6.10 Å². The van der Waals surface area contributed by atoms with Gasteiger partial charge in [-0.1, -0.05) is 58.4 Å². The van der Waals surface area contributed by atoms with Crippen LogP contribution in [0.15, 0.2) is 64.6 Å². The van der Waals surface area contributed by atoms with Crippen LogP contribution in [0, 0.1) is 0 Å². The molecule has 6 heteroatoms. The zero-order chi connectivity index (χ0) is 16.9. The van der Waals surface area contributed by atoms with E-state index < -0.39 is 6.09 Å². The summed E-state index contributed by atoms with van der Waals surface area (Å²) in [4.78, 5) is 16.5. The van der Waals surface area contributed by atoms with Crippen molar-refractivity contribution >= 4 is 38.4 Å². The molecule has 0 aliphatic carbocycles. The van der Waals surface area contributed by atoms with Crippen LogP contribution in [0.1, 0.15) is 18.6 Å². The Balaban J connectivity index is 1.69. The third-order valence-corrected chi connectivity index (χ3v) is 4.72. The molecule has 0 aliphatic rings. The number of nitrogens with zero attached hydrogens (tertiary/aromatic N) is 1. The number of thiazole rings is 1. The van der Waals surface area contributed by atoms with E-state index in [1.165, 1.54) is 11.3 Å². The molecule has 2 aromatic carbocycles. The molecule has 1 atom stereocenters. The first kappa shape index (κ1) is 16.7. The summed E-state index contributed by atoms with van der Waals surface area (Å²) in [6.45, 7) is 1.84. The van der Waals surface area contributed by atoms with Crippen molar-refractivity contribution in [3.05, 3.63) is 70.1 Å². The second-order valence-corrected chi connectivity index (χ2v) is 6.89. The van der Waals surface area contributed by atoms with Crippen molar-refractivity contribution in [1.82, 2.24) is 4.98 Å². The third-order valence-electron chi connectivity index (χ3n) is 3.45. The standard InChI is InChI=1S/C18H15BrN2O2S/c1-12(13-5-3-2-4-6-13)23-18(22)21-17-16(20-11-24-17)14-7-9-15(19)10-8-14/h2-12H,1H3,(H,21,22). The van der Waals surface area contributed by atoms with Gasteiger partial charge >= 0.3 is 6.09 Å². The highest BCUT2D eigenvalue weighted by molar-refractivity contribution is 9.10. The molecule has 1 N–H and O–H groups in total. The van der Waals surface area contributed by atoms with Crippen molar-refractivity contribution in [1.29, 1.82) is 0 Å². The first-order valence-corrected chi connectivity index (χ1v) is 9.03. The molecule has 24 heavy (non-hydrogen) atoms. The Hall–Kier alpha value is -2.18. The fourth-order valence-electron chi connectivity index (χ4n) is 2.22. The van der Waals surface area contributed by atoms with E-state index in [9.17, 15) is 4.79 Å². The number of anilines is 1. The Morgan fingerprint density at radius 3 is 2.58 bits per heavy atom. The summed E-state index contributed by atoms with van der Waals surface area (Å²) in [5.41, 5.74) is 4.32. The molecule has 4 nitrogen and oxygen atoms in total. The van der Waals surface area contributed by atoms with Crippen molar-refractivity contribution in [3.8, 4) is 11.3 Å². The van der Waals surface area contributed by atoms with Gasteiger partial charge in [0.2, 0.25) is 0 Å². The maximum atomic E-state index is 12.2. The van der Waals surface area contributed by atoms with Crippen LogP contribution in [-0.2, 0) is 4.74 Å². The number of aromatic nitrogens is 1. The molecule has 1 amide bonds. The van der Waals surface area contributed by atoms with Crippen LogP contribution in [-0.4, -0.2) is 11.1 Å². The van der Waals surface area contributed by atoms with E-state index >= 15 is 0 Å². The largest absolute Gasteiger partial charge is 0.441 e. The highest BCUT2D eigenvalue weighted by atomic mass is 79.9. The molecule has 1 aromatic heterocycles. The Morgan fingerprint density at radius 2 is 1.88 bits per heavy atom. The number of benzene rings is 2. The number of hydrogen-bond acceptors (Lipinski definition) is 4. The van der Waals surface area contributed by atoms with E-state index in [1.807, 2.05) is 61.5 Å². The fraction of sp³-hybridized carbons (Fsp3) is 0.111. The van der Waals surface area contributed by atoms with Gasteiger partial charge < -0.3 is 4.74 Å². The minimum absolute atomic E-state index is 0.324. The van der Waals surface area contributed by atoms with Gasteiger partial charge in [-0.2, -0.15) is 0 Å². The monoisotopic (exact) mass is 402 g/mol. The van der Waals surface area contributed by atoms with Crippen molar-refractivity contribution < 1.29 is 9.53 Å². The summed E-state index contributed by atoms with van der Waals surface area (Å²) in [6, 6.07) is 17.4. The van der Waals surface area contributed by atoms with Crippen LogP contribution >= 0.6 is 27.3 Å². The number of halogens is 1. The van der Waals surface area contributed by atoms with Crippen molar-refractivity contribution in [2.75, 3.05) is 5.32 Å². The molecule has 0 radical (unpaired) electrons. The summed E-state index contributed by atoms with van der Waals surface area (Å²) < 4.78 is 6.43. The lowest BCUT2D eigenvalue weighted by atomic mass is 10.1. The molecular weight excluding hydrogens is 388 g/mol. The molecule has 1 heterocycles. The quantitative estimate of drug-likeness (QED) is 0.592. The van der Waals surface area contributed by atoms with Crippen LogP contribution in [0.5, 0.6) is 0 Å². The lowest BCUT2D eigenvalue weighted by Gasteiger charge is -2.14. The number of hydrogen-bond donors (Lipinski definition) is 1. The average Bonchev–Trinajstić information content (AvgIpc) is 3.04. The predicted octanol–water partition coefficient (Wildman–Crippen LogP) is 5.88. The summed E-state index contributed by atoms with van der Waals surface area (Å²) in [5.74, 6) is 0. The van der Waals surface area contributed by atoms with Gasteiger partial charge in [0.25, 0.3) is 0 Å². The van der Waals surface area contributed by atoms with Crippen LogP contribution < -0.4 is 5.32 Å². The zero-order valence-electron chi connectivity index (χ0n) is 12.9. The lowest BCUT2D eigenvalue weighted by Crippen LogP contribution is -2.15. The minimum Gasteiger partial charge on any atom is -0.441 e. The number of rotatable bonds is 4. The minimum atomic E-state index is -0.492. The fourth-order valence-corrected chi connectivity index (χ4v) is 3.18. The molecule has 0 spiro atoms. The van der Waals surface area contributed by atoms with Gasteiger partial charge in [0.05, 0.1) is 5.51 Å². The van der Waals surface area contributed by atoms with Crippen LogP contribution in [0.4, 0.5) is 9.80 Å². The number of nitrogens with one attached hydrogen (secondary N) is 1. The smallest absolute Gasteiger partial charge is 0.412 e. The topological polar surface area (TPSA) is 51.2 Å². The molecule has 1 unspecified atom stereocenters. The Morgan fingerprint density at radius 1 is 1.17 bits per heavy atom. The molecule has 122 valence electrons. The van der Waals surface area contributed by atoms with Gasteiger partial charge in [-0.25, -0.2) is 9.78 Å². The normalized spacial score (nSPS) is 11.8. The lowest BCUT2D eigenvalue weighted by molar-refractivity contribution is 0.121. The Kier molecular flexibility index (Phi) is 5.27. The SMILES string of the molecule is CC(OC(=O)Nc1scnc1-c1ccc(Br)cc1)c1ccccc1. The second kappa shape index (κ2) is 7.59. The molecular formula is C18H15BrN2O2S. The van der Waals surface area contributed by atoms with Crippen molar-refractivity contribution in [2.45, 2.75) is 13.0 Å². The van der Waals surface area contributed by atoms with Crippen LogP contribution in [0.2, 0.25) is 0 Å². The van der Waals surface area contributed by atoms with Gasteiger partial charge in [0.15, 0.2) is 0 Å². The van der Waals surface area contributed by atoms with E-state index in [2.05, 4.69) is 26.2 Å². The van der Waals surface area contributed by atoms with Gasteiger partial charge in [-0.15, -0.1) is 11.3 Å². The first-order chi connectivity index (χ1) is 11.6. The van der Waals surface area contributed by atoms with Crippen LogP contribution in [0.25, 0.3) is 11.3 Å². The number of amides is 1. The van der Waals surface area contributed by atoms with Crippen LogP contribution in [0.3, 0.4) is 0 Å². The average molecular weight is 403 g/mol. The molecule has 0 aliphatic heterocycles. The molecule has 3 aromatic rings. The number of carbonyl (C=O) groups is 1. The second-order valence-electron chi connectivity index (χ2n) is 5.12. The Labute approximate surface area is 152 Å². The summed E-state index contributed by atoms with van der Waals surface area (Å²) in [6.07, 6.45) is -0.816. The predicted molar refractivity (Wildman–Crippen MR) is 100 cm³/mol. The van der Waals surface area contributed by atoms with E-state index in [1.54, 1.807) is 5.51 Å². The number of carbonyl (C=O) groups excluding carboxylic acids is 1. The molecule has 3 rings (SSSR count). The molecule has 0 saturated heterocycles. The van der Waals surface area contributed by atoms with Crippen molar-refractivity contribution in [2.24, 2.45) is 0 Å². The summed E-state index contributed by atoms with van der Waals surface area (Å²) >= 11 is 4.77. The van der Waals surface area contributed by atoms with Crippen molar-refractivity contribution in [3.63, 3.8) is 0 Å². The number of ether oxygens (including phenoxy) is 1. The van der Waals surface area contributed by atoms with Gasteiger partial charge in [0, 0.05) is 10.0 Å². The third kappa shape index (κ3) is 4.01.